The van der Waals surface area contributed by atoms with Crippen LogP contribution in [0.15, 0.2) is 45.8 Å². The average molecular weight is 430 g/mol. The third-order valence-corrected chi connectivity index (χ3v) is 5.51. The fourth-order valence-electron chi connectivity index (χ4n) is 3.14. The van der Waals surface area contributed by atoms with Crippen LogP contribution in [0, 0.1) is 11.7 Å². The molecule has 1 aromatic carbocycles. The zero-order valence-corrected chi connectivity index (χ0v) is 15.0. The van der Waals surface area contributed by atoms with Crippen molar-refractivity contribution in [1.29, 1.82) is 0 Å². The average Bonchev–Trinajstić information content (AvgIpc) is 2.54. The standard InChI is InChI=1S/C19H18F3I/c1-11-2-4-12(5-3-11)14-7-6-13(10-16(14)20)15-8-9-17(23)19(22)18(15)21/h4,6-11,15,18H,2-3,5H2,1H3/t11-,15?,18?/m1/s1. The van der Waals surface area contributed by atoms with Crippen LogP contribution in [-0.2, 0) is 0 Å². The Labute approximate surface area is 148 Å². The maximum absolute atomic E-state index is 14.5. The molecule has 0 amide bonds. The van der Waals surface area contributed by atoms with Crippen molar-refractivity contribution in [2.24, 2.45) is 5.92 Å². The van der Waals surface area contributed by atoms with Gasteiger partial charge in [0.1, 0.15) is 11.6 Å². The number of rotatable bonds is 2. The number of benzene rings is 1. The molecule has 122 valence electrons. The lowest BCUT2D eigenvalue weighted by Gasteiger charge is -2.22. The van der Waals surface area contributed by atoms with E-state index in [-0.39, 0.29) is 9.40 Å². The second kappa shape index (κ2) is 6.83. The first-order valence-electron chi connectivity index (χ1n) is 7.83. The summed E-state index contributed by atoms with van der Waals surface area (Å²) in [7, 11) is 0. The van der Waals surface area contributed by atoms with Crippen molar-refractivity contribution >= 4 is 28.2 Å². The SMILES string of the molecule is C[C@@H]1CC=C(c2ccc(C3C=CC(I)=C(F)C3F)cc2F)CC1. The van der Waals surface area contributed by atoms with E-state index in [0.717, 1.165) is 24.8 Å². The Morgan fingerprint density at radius 1 is 1.22 bits per heavy atom. The van der Waals surface area contributed by atoms with Crippen LogP contribution >= 0.6 is 22.6 Å². The molecule has 0 bridgehead atoms. The van der Waals surface area contributed by atoms with E-state index in [0.29, 0.717) is 17.0 Å². The number of hydrogen-bond acceptors (Lipinski definition) is 0. The summed E-state index contributed by atoms with van der Waals surface area (Å²) in [6, 6.07) is 4.76. The van der Waals surface area contributed by atoms with E-state index in [4.69, 9.17) is 0 Å². The summed E-state index contributed by atoms with van der Waals surface area (Å²) in [5.41, 5.74) is 2.07. The number of alkyl halides is 1. The van der Waals surface area contributed by atoms with E-state index < -0.39 is 17.9 Å². The van der Waals surface area contributed by atoms with E-state index in [2.05, 4.69) is 13.0 Å². The molecule has 0 fully saturated rings. The van der Waals surface area contributed by atoms with Crippen LogP contribution in [0.4, 0.5) is 13.2 Å². The minimum absolute atomic E-state index is 0.268. The maximum Gasteiger partial charge on any atom is 0.163 e. The first kappa shape index (κ1) is 16.8. The van der Waals surface area contributed by atoms with E-state index in [1.165, 1.54) is 6.07 Å². The Kier molecular flexibility index (Phi) is 4.99. The monoisotopic (exact) mass is 430 g/mol. The molecular formula is C19H18F3I. The Balaban J connectivity index is 1.87. The first-order valence-corrected chi connectivity index (χ1v) is 8.91. The van der Waals surface area contributed by atoms with Gasteiger partial charge in [0, 0.05) is 15.1 Å². The third kappa shape index (κ3) is 3.42. The lowest BCUT2D eigenvalue weighted by molar-refractivity contribution is 0.299. The predicted octanol–water partition coefficient (Wildman–Crippen LogP) is 6.64. The van der Waals surface area contributed by atoms with Crippen LogP contribution in [0.5, 0.6) is 0 Å². The molecule has 0 radical (unpaired) electrons. The molecule has 0 N–H and O–H groups in total. The summed E-state index contributed by atoms with van der Waals surface area (Å²) in [6.45, 7) is 2.19. The highest BCUT2D eigenvalue weighted by Gasteiger charge is 2.30. The molecule has 0 spiro atoms. The number of hydrogen-bond donors (Lipinski definition) is 0. The summed E-state index contributed by atoms with van der Waals surface area (Å²) in [5.74, 6) is -1.25. The van der Waals surface area contributed by atoms with Crippen molar-refractivity contribution in [1.82, 2.24) is 0 Å². The first-order chi connectivity index (χ1) is 11.0. The van der Waals surface area contributed by atoms with E-state index >= 15 is 0 Å². The van der Waals surface area contributed by atoms with Gasteiger partial charge in [0.2, 0.25) is 0 Å². The molecule has 0 aliphatic heterocycles. The third-order valence-electron chi connectivity index (χ3n) is 4.63. The molecular weight excluding hydrogens is 412 g/mol. The molecule has 2 unspecified atom stereocenters. The van der Waals surface area contributed by atoms with Crippen molar-refractivity contribution in [2.45, 2.75) is 38.3 Å². The highest BCUT2D eigenvalue weighted by Crippen LogP contribution is 2.38. The molecule has 1 aromatic rings. The van der Waals surface area contributed by atoms with Crippen LogP contribution in [0.25, 0.3) is 5.57 Å². The molecule has 23 heavy (non-hydrogen) atoms. The lowest BCUT2D eigenvalue weighted by atomic mass is 9.85. The van der Waals surface area contributed by atoms with Crippen LogP contribution < -0.4 is 0 Å². The number of allylic oxidation sites excluding steroid dienone is 6. The van der Waals surface area contributed by atoms with Gasteiger partial charge in [-0.15, -0.1) is 0 Å². The molecule has 0 saturated carbocycles. The van der Waals surface area contributed by atoms with Gasteiger partial charge in [-0.05, 0) is 71.1 Å². The molecule has 0 aromatic heterocycles. The van der Waals surface area contributed by atoms with Gasteiger partial charge in [0.05, 0.1) is 0 Å². The van der Waals surface area contributed by atoms with Crippen molar-refractivity contribution in [3.05, 3.63) is 62.8 Å². The van der Waals surface area contributed by atoms with Gasteiger partial charge in [-0.2, -0.15) is 0 Å². The topological polar surface area (TPSA) is 0 Å². The van der Waals surface area contributed by atoms with Crippen molar-refractivity contribution < 1.29 is 13.2 Å². The van der Waals surface area contributed by atoms with E-state index in [9.17, 15) is 13.2 Å². The van der Waals surface area contributed by atoms with Crippen LogP contribution in [-0.4, -0.2) is 6.17 Å². The quantitative estimate of drug-likeness (QED) is 0.462. The normalized spacial score (nSPS) is 28.0. The fraction of sp³-hybridized carbons (Fsp3) is 0.368. The van der Waals surface area contributed by atoms with Crippen molar-refractivity contribution in [3.63, 3.8) is 0 Å². The Hall–Kier alpha value is -1.04. The van der Waals surface area contributed by atoms with Crippen molar-refractivity contribution in [2.75, 3.05) is 0 Å². The minimum Gasteiger partial charge on any atom is -0.239 e. The molecule has 0 nitrogen and oxygen atoms in total. The van der Waals surface area contributed by atoms with E-state index in [1.54, 1.807) is 46.9 Å². The molecule has 3 rings (SSSR count). The van der Waals surface area contributed by atoms with Gasteiger partial charge >= 0.3 is 0 Å². The zero-order chi connectivity index (χ0) is 16.6. The summed E-state index contributed by atoms with van der Waals surface area (Å²) in [5, 5.41) is 0. The summed E-state index contributed by atoms with van der Waals surface area (Å²) >= 11 is 1.77. The van der Waals surface area contributed by atoms with Gasteiger partial charge in [-0.25, -0.2) is 13.2 Å². The van der Waals surface area contributed by atoms with Gasteiger partial charge in [-0.1, -0.05) is 31.2 Å². The summed E-state index contributed by atoms with van der Waals surface area (Å²) in [6.07, 6.45) is 6.38. The highest BCUT2D eigenvalue weighted by molar-refractivity contribution is 14.1. The summed E-state index contributed by atoms with van der Waals surface area (Å²) < 4.78 is 42.7. The molecule has 2 aliphatic carbocycles. The second-order valence-corrected chi connectivity index (χ2v) is 7.49. The summed E-state index contributed by atoms with van der Waals surface area (Å²) in [4.78, 5) is 0. The number of halogens is 4. The highest BCUT2D eigenvalue weighted by atomic mass is 127. The maximum atomic E-state index is 14.5. The fourth-order valence-corrected chi connectivity index (χ4v) is 3.65. The van der Waals surface area contributed by atoms with Gasteiger partial charge < -0.3 is 0 Å². The Bertz CT molecular complexity index is 703. The smallest absolute Gasteiger partial charge is 0.163 e. The molecule has 0 heterocycles. The Morgan fingerprint density at radius 2 is 2.00 bits per heavy atom. The van der Waals surface area contributed by atoms with Crippen LogP contribution in [0.3, 0.4) is 0 Å². The van der Waals surface area contributed by atoms with Gasteiger partial charge in [0.25, 0.3) is 0 Å². The largest absolute Gasteiger partial charge is 0.239 e. The minimum atomic E-state index is -1.74. The molecule has 3 atom stereocenters. The van der Waals surface area contributed by atoms with Gasteiger partial charge in [0.15, 0.2) is 6.17 Å². The molecule has 4 heteroatoms. The van der Waals surface area contributed by atoms with Gasteiger partial charge in [-0.3, -0.25) is 0 Å². The van der Waals surface area contributed by atoms with Crippen LogP contribution in [0.2, 0.25) is 0 Å². The van der Waals surface area contributed by atoms with E-state index in [1.807, 2.05) is 0 Å². The van der Waals surface area contributed by atoms with Crippen molar-refractivity contribution in [3.8, 4) is 0 Å². The Morgan fingerprint density at radius 3 is 2.65 bits per heavy atom. The lowest BCUT2D eigenvalue weighted by Crippen LogP contribution is -2.16. The zero-order valence-electron chi connectivity index (χ0n) is 12.8. The van der Waals surface area contributed by atoms with Crippen LogP contribution in [0.1, 0.15) is 43.2 Å². The molecule has 2 aliphatic rings. The predicted molar refractivity (Wildman–Crippen MR) is 96.3 cm³/mol. The second-order valence-electron chi connectivity index (χ2n) is 6.33. The molecule has 0 saturated heterocycles.